The van der Waals surface area contributed by atoms with E-state index < -0.39 is 5.97 Å². The Labute approximate surface area is 181 Å². The molecule has 0 saturated heterocycles. The molecule has 0 fully saturated rings. The molecule has 2 aromatic carbocycles. The summed E-state index contributed by atoms with van der Waals surface area (Å²) >= 11 is 1.31. The zero-order chi connectivity index (χ0) is 21.7. The Hall–Kier alpha value is -3.18. The lowest BCUT2D eigenvalue weighted by Gasteiger charge is -2.07. The number of ether oxygens (including phenoxy) is 1. The van der Waals surface area contributed by atoms with Crippen molar-refractivity contribution in [3.8, 4) is 11.1 Å². The molecule has 1 amide bonds. The molecule has 3 rings (SSSR count). The van der Waals surface area contributed by atoms with E-state index in [-0.39, 0.29) is 5.91 Å². The first kappa shape index (κ1) is 21.5. The molecule has 0 atom stereocenters. The van der Waals surface area contributed by atoms with Crippen LogP contribution in [0.5, 0.6) is 0 Å². The van der Waals surface area contributed by atoms with Gasteiger partial charge in [0.15, 0.2) is 0 Å². The molecule has 4 nitrogen and oxygen atoms in total. The van der Waals surface area contributed by atoms with Gasteiger partial charge in [-0.3, -0.25) is 4.79 Å². The van der Waals surface area contributed by atoms with Crippen LogP contribution in [0.1, 0.15) is 46.8 Å². The van der Waals surface area contributed by atoms with E-state index in [1.54, 1.807) is 6.08 Å². The monoisotopic (exact) mass is 419 g/mol. The van der Waals surface area contributed by atoms with Gasteiger partial charge in [0, 0.05) is 17.0 Å². The summed E-state index contributed by atoms with van der Waals surface area (Å²) in [4.78, 5) is 24.9. The second kappa shape index (κ2) is 9.55. The van der Waals surface area contributed by atoms with Gasteiger partial charge in [0.05, 0.1) is 7.11 Å². The average molecular weight is 420 g/mol. The predicted octanol–water partition coefficient (Wildman–Crippen LogP) is 6.29. The first-order chi connectivity index (χ1) is 14.4. The Kier molecular flexibility index (Phi) is 6.85. The second-order valence-electron chi connectivity index (χ2n) is 7.36. The van der Waals surface area contributed by atoms with Gasteiger partial charge in [-0.25, -0.2) is 4.79 Å². The summed E-state index contributed by atoms with van der Waals surface area (Å²) in [6.07, 6.45) is 3.22. The summed E-state index contributed by atoms with van der Waals surface area (Å²) in [7, 11) is 1.34. The van der Waals surface area contributed by atoms with Crippen molar-refractivity contribution in [2.24, 2.45) is 0 Å². The van der Waals surface area contributed by atoms with Gasteiger partial charge in [-0.15, -0.1) is 11.3 Å². The van der Waals surface area contributed by atoms with Crippen LogP contribution in [0.4, 0.5) is 5.00 Å². The zero-order valence-corrected chi connectivity index (χ0v) is 18.4. The van der Waals surface area contributed by atoms with Crippen LogP contribution in [0.2, 0.25) is 0 Å². The number of carbonyl (C=O) groups excluding carboxylic acids is 2. The van der Waals surface area contributed by atoms with Crippen LogP contribution < -0.4 is 5.32 Å². The molecule has 3 aromatic rings. The van der Waals surface area contributed by atoms with Gasteiger partial charge in [-0.2, -0.15) is 0 Å². The molecule has 1 heterocycles. The van der Waals surface area contributed by atoms with Crippen LogP contribution in [-0.4, -0.2) is 19.0 Å². The minimum Gasteiger partial charge on any atom is -0.465 e. The quantitative estimate of drug-likeness (QED) is 0.378. The van der Waals surface area contributed by atoms with Crippen LogP contribution in [0, 0.1) is 6.92 Å². The van der Waals surface area contributed by atoms with E-state index in [2.05, 4.69) is 31.3 Å². The topological polar surface area (TPSA) is 55.4 Å². The Bertz CT molecular complexity index is 1060. The Morgan fingerprint density at radius 3 is 2.30 bits per heavy atom. The molecule has 154 valence electrons. The lowest BCUT2D eigenvalue weighted by molar-refractivity contribution is -0.111. The summed E-state index contributed by atoms with van der Waals surface area (Å²) in [6, 6.07) is 16.0. The molecule has 0 aliphatic rings. The standard InChI is InChI=1S/C25H25NO3S/c1-16(2)19-12-7-18(8-13-19)9-14-22(27)26-24-23(25(28)29-4)21(15-30-24)20-10-5-17(3)6-11-20/h5-16H,1-4H3,(H,26,27)/b14-9+. The lowest BCUT2D eigenvalue weighted by Crippen LogP contribution is -2.11. The summed E-state index contributed by atoms with van der Waals surface area (Å²) in [5.74, 6) is -0.314. The summed E-state index contributed by atoms with van der Waals surface area (Å²) in [5, 5.41) is 5.16. The van der Waals surface area contributed by atoms with Crippen molar-refractivity contribution in [2.45, 2.75) is 26.7 Å². The minimum absolute atomic E-state index is 0.301. The lowest BCUT2D eigenvalue weighted by atomic mass is 10.0. The number of hydrogen-bond donors (Lipinski definition) is 1. The van der Waals surface area contributed by atoms with Gasteiger partial charge in [-0.05, 0) is 35.6 Å². The first-order valence-corrected chi connectivity index (χ1v) is 10.6. The van der Waals surface area contributed by atoms with Crippen LogP contribution in [0.3, 0.4) is 0 Å². The van der Waals surface area contributed by atoms with E-state index >= 15 is 0 Å². The van der Waals surface area contributed by atoms with E-state index in [4.69, 9.17) is 4.74 Å². The number of methoxy groups -OCH3 is 1. The number of esters is 1. The van der Waals surface area contributed by atoms with E-state index in [1.807, 2.05) is 48.7 Å². The van der Waals surface area contributed by atoms with Crippen molar-refractivity contribution in [2.75, 3.05) is 12.4 Å². The van der Waals surface area contributed by atoms with Crippen LogP contribution in [-0.2, 0) is 9.53 Å². The zero-order valence-electron chi connectivity index (χ0n) is 17.6. The molecule has 0 aliphatic heterocycles. The number of hydrogen-bond acceptors (Lipinski definition) is 4. The smallest absolute Gasteiger partial charge is 0.341 e. The maximum atomic E-state index is 12.5. The number of thiophene rings is 1. The molecule has 5 heteroatoms. The summed E-state index contributed by atoms with van der Waals surface area (Å²) in [5.41, 5.74) is 5.34. The van der Waals surface area contributed by atoms with E-state index in [0.717, 1.165) is 22.3 Å². The SMILES string of the molecule is COC(=O)c1c(-c2ccc(C)cc2)csc1NC(=O)/C=C/c1ccc(C(C)C)cc1. The van der Waals surface area contributed by atoms with Crippen molar-refractivity contribution in [3.63, 3.8) is 0 Å². The van der Waals surface area contributed by atoms with Gasteiger partial charge < -0.3 is 10.1 Å². The molecular formula is C25H25NO3S. The van der Waals surface area contributed by atoms with E-state index in [0.29, 0.717) is 16.5 Å². The number of carbonyl (C=O) groups is 2. The van der Waals surface area contributed by atoms with Crippen LogP contribution >= 0.6 is 11.3 Å². The third-order valence-corrected chi connectivity index (χ3v) is 5.71. The molecule has 0 saturated carbocycles. The molecule has 1 aromatic heterocycles. The highest BCUT2D eigenvalue weighted by Crippen LogP contribution is 2.36. The fourth-order valence-electron chi connectivity index (χ4n) is 3.02. The second-order valence-corrected chi connectivity index (χ2v) is 8.23. The van der Waals surface area contributed by atoms with Crippen LogP contribution in [0.15, 0.2) is 60.0 Å². The largest absolute Gasteiger partial charge is 0.465 e. The first-order valence-electron chi connectivity index (χ1n) is 9.75. The maximum Gasteiger partial charge on any atom is 0.341 e. The molecule has 0 unspecified atom stereocenters. The van der Waals surface area contributed by atoms with Crippen molar-refractivity contribution in [1.82, 2.24) is 0 Å². The van der Waals surface area contributed by atoms with E-state index in [1.165, 1.54) is 30.1 Å². The highest BCUT2D eigenvalue weighted by atomic mass is 32.1. The normalized spacial score (nSPS) is 11.1. The van der Waals surface area contributed by atoms with Crippen molar-refractivity contribution >= 4 is 34.3 Å². The Morgan fingerprint density at radius 1 is 1.03 bits per heavy atom. The number of nitrogens with one attached hydrogen (secondary N) is 1. The van der Waals surface area contributed by atoms with Gasteiger partial charge in [0.1, 0.15) is 10.6 Å². The minimum atomic E-state index is -0.477. The highest BCUT2D eigenvalue weighted by Gasteiger charge is 2.21. The highest BCUT2D eigenvalue weighted by molar-refractivity contribution is 7.15. The van der Waals surface area contributed by atoms with E-state index in [9.17, 15) is 9.59 Å². The summed E-state index contributed by atoms with van der Waals surface area (Å²) in [6.45, 7) is 6.29. The number of aryl methyl sites for hydroxylation is 1. The van der Waals surface area contributed by atoms with Crippen molar-refractivity contribution in [1.29, 1.82) is 0 Å². The molecule has 0 spiro atoms. The molecule has 0 radical (unpaired) electrons. The number of benzene rings is 2. The number of rotatable bonds is 6. The molecule has 1 N–H and O–H groups in total. The third kappa shape index (κ3) is 5.05. The average Bonchev–Trinajstić information content (AvgIpc) is 3.15. The maximum absolute atomic E-state index is 12.5. The molecular weight excluding hydrogens is 394 g/mol. The third-order valence-electron chi connectivity index (χ3n) is 4.81. The van der Waals surface area contributed by atoms with Crippen molar-refractivity contribution < 1.29 is 14.3 Å². The number of anilines is 1. The fraction of sp³-hybridized carbons (Fsp3) is 0.200. The molecule has 30 heavy (non-hydrogen) atoms. The molecule has 0 bridgehead atoms. The van der Waals surface area contributed by atoms with Gasteiger partial charge in [0.25, 0.3) is 0 Å². The Balaban J connectivity index is 1.80. The Morgan fingerprint density at radius 2 is 1.70 bits per heavy atom. The van der Waals surface area contributed by atoms with Crippen LogP contribution in [0.25, 0.3) is 17.2 Å². The predicted molar refractivity (Wildman–Crippen MR) is 124 cm³/mol. The van der Waals surface area contributed by atoms with Gasteiger partial charge >= 0.3 is 5.97 Å². The molecule has 0 aliphatic carbocycles. The van der Waals surface area contributed by atoms with Gasteiger partial charge in [0.2, 0.25) is 5.91 Å². The summed E-state index contributed by atoms with van der Waals surface area (Å²) < 4.78 is 4.96. The number of amides is 1. The fourth-order valence-corrected chi connectivity index (χ4v) is 3.98. The van der Waals surface area contributed by atoms with Crippen molar-refractivity contribution in [3.05, 3.63) is 82.2 Å². The van der Waals surface area contributed by atoms with Gasteiger partial charge in [-0.1, -0.05) is 67.9 Å².